The monoisotopic (exact) mass is 1120 g/mol. The van der Waals surface area contributed by atoms with Crippen molar-refractivity contribution in [2.45, 2.75) is 133 Å². The Balaban J connectivity index is 1.49. The topological polar surface area (TPSA) is 262 Å². The lowest BCUT2D eigenvalue weighted by Crippen LogP contribution is -2.71. The third kappa shape index (κ3) is 16.3. The largest absolute Gasteiger partial charge is 0.467 e. The van der Waals surface area contributed by atoms with Crippen molar-refractivity contribution in [1.29, 1.82) is 0 Å². The third-order valence-corrected chi connectivity index (χ3v) is 18.6. The SMILES string of the molecule is COCOC[C@](C)(NC(=O)[C@@H]1C[C@H](OC(C)=O)CNN1C(=O)[C@H]1C[C@H](Cl)CNN1C(=O)[C@H](C/C=C/C=C/C(C)C)NC(=O)[C@H]1C[C@H](OC(C)=O)CNN1C(=O)CO[Si](c1ccccc1)(c1ccccc1)C(C)(C)C)C(=O)OC. The summed E-state index contributed by atoms with van der Waals surface area (Å²) in [6, 6.07) is 13.9. The molecule has 3 aliphatic heterocycles. The molecule has 5 rings (SSSR count). The second-order valence-corrected chi connectivity index (χ2v) is 25.9. The summed E-state index contributed by atoms with van der Waals surface area (Å²) in [5, 5.41) is 9.38. The van der Waals surface area contributed by atoms with Crippen molar-refractivity contribution < 1.29 is 66.5 Å². The highest BCUT2D eigenvalue weighted by atomic mass is 35.5. The van der Waals surface area contributed by atoms with E-state index in [1.54, 1.807) is 18.2 Å². The standard InChI is InChI=1S/C54H77ClN8O14Si/c1-35(2)20-14-11-19-25-43(50(69)63-46(26-38(55)29-56-63)51(70)62-45(28-40(31-58-62)77-37(4)65)49(68)60-54(8,52(71)73-10)33-74-34-72-9)59-48(67)44-27-39(76-36(3)64)30-57-61(44)47(66)32-75-78(53(5,6)7,41-21-15-12-16-22-41)42-23-17-13-18-24-42/h11-24,35,38-40,43-46,56-58H,25-34H2,1-10H3,(H,59,67)(H,60,68)/b19-11+,20-14+/t38-,39-,40-,43-,44+,45-,46+,54-/m0/s1. The lowest BCUT2D eigenvalue weighted by atomic mass is 9.98. The summed E-state index contributed by atoms with van der Waals surface area (Å²) in [4.78, 5) is 112. The average Bonchev–Trinajstić information content (AvgIpc) is 3.48. The van der Waals surface area contributed by atoms with Gasteiger partial charge in [-0.05, 0) is 41.1 Å². The van der Waals surface area contributed by atoms with E-state index in [0.717, 1.165) is 32.5 Å². The van der Waals surface area contributed by atoms with E-state index in [-0.39, 0.29) is 64.6 Å². The molecule has 3 aliphatic rings. The van der Waals surface area contributed by atoms with Crippen molar-refractivity contribution in [3.05, 3.63) is 85.0 Å². The van der Waals surface area contributed by atoms with Gasteiger partial charge in [0, 0.05) is 40.3 Å². The second-order valence-electron chi connectivity index (χ2n) is 21.0. The van der Waals surface area contributed by atoms with E-state index in [2.05, 4.69) is 47.7 Å². The van der Waals surface area contributed by atoms with Crippen LogP contribution in [0, 0.1) is 5.92 Å². The molecule has 5 amide bonds. The van der Waals surface area contributed by atoms with E-state index >= 15 is 9.59 Å². The fourth-order valence-corrected chi connectivity index (χ4v) is 14.5. The van der Waals surface area contributed by atoms with Gasteiger partial charge in [-0.3, -0.25) is 48.6 Å². The van der Waals surface area contributed by atoms with Gasteiger partial charge < -0.3 is 38.7 Å². The first-order valence-corrected chi connectivity index (χ1v) is 28.3. The van der Waals surface area contributed by atoms with Crippen molar-refractivity contribution in [1.82, 2.24) is 41.9 Å². The van der Waals surface area contributed by atoms with Gasteiger partial charge in [0.1, 0.15) is 49.8 Å². The van der Waals surface area contributed by atoms with Crippen LogP contribution in [0.1, 0.15) is 81.1 Å². The molecule has 22 nitrogen and oxygen atoms in total. The second kappa shape index (κ2) is 28.7. The van der Waals surface area contributed by atoms with Gasteiger partial charge in [0.15, 0.2) is 5.54 Å². The third-order valence-electron chi connectivity index (χ3n) is 13.3. The first kappa shape index (κ1) is 62.8. The maximum atomic E-state index is 15.2. The van der Waals surface area contributed by atoms with E-state index in [0.29, 0.717) is 0 Å². The van der Waals surface area contributed by atoms with Gasteiger partial charge in [0.05, 0.1) is 32.2 Å². The first-order valence-electron chi connectivity index (χ1n) is 26.0. The minimum absolute atomic E-state index is 0.0136. The summed E-state index contributed by atoms with van der Waals surface area (Å²) >= 11 is 6.71. The predicted molar refractivity (Wildman–Crippen MR) is 290 cm³/mol. The summed E-state index contributed by atoms with van der Waals surface area (Å²) in [6.07, 6.45) is 4.74. The molecule has 8 atom stereocenters. The highest BCUT2D eigenvalue weighted by Crippen LogP contribution is 2.37. The van der Waals surface area contributed by atoms with Crippen molar-refractivity contribution in [3.63, 3.8) is 0 Å². The Morgan fingerprint density at radius 3 is 1.82 bits per heavy atom. The molecule has 0 spiro atoms. The fourth-order valence-electron chi connectivity index (χ4n) is 9.72. The average molecular weight is 1130 g/mol. The van der Waals surface area contributed by atoms with Crippen molar-refractivity contribution in [3.8, 4) is 0 Å². The highest BCUT2D eigenvalue weighted by Gasteiger charge is 2.52. The minimum Gasteiger partial charge on any atom is -0.467 e. The molecule has 3 saturated heterocycles. The van der Waals surface area contributed by atoms with Crippen LogP contribution in [0.4, 0.5) is 0 Å². The molecule has 0 saturated carbocycles. The van der Waals surface area contributed by atoms with Crippen molar-refractivity contribution in [2.24, 2.45) is 5.92 Å². The van der Waals surface area contributed by atoms with Crippen molar-refractivity contribution >= 4 is 77.7 Å². The number of ether oxygens (including phenoxy) is 5. The molecule has 0 unspecified atom stereocenters. The normalized spacial score (nSPS) is 22.3. The minimum atomic E-state index is -3.26. The van der Waals surface area contributed by atoms with E-state index in [1.165, 1.54) is 27.9 Å². The predicted octanol–water partition coefficient (Wildman–Crippen LogP) is 1.66. The van der Waals surface area contributed by atoms with Gasteiger partial charge in [-0.2, -0.15) is 0 Å². The first-order chi connectivity index (χ1) is 37.0. The Labute approximate surface area is 462 Å². The van der Waals surface area contributed by atoms with Gasteiger partial charge in [-0.1, -0.05) is 120 Å². The zero-order valence-electron chi connectivity index (χ0n) is 46.2. The number of hydrogen-bond acceptors (Lipinski definition) is 17. The number of allylic oxidation sites excluding steroid dienone is 3. The molecule has 2 aromatic carbocycles. The van der Waals surface area contributed by atoms with Gasteiger partial charge in [0.25, 0.3) is 26.0 Å². The van der Waals surface area contributed by atoms with Crippen LogP contribution < -0.4 is 37.3 Å². The van der Waals surface area contributed by atoms with Crippen LogP contribution in [0.15, 0.2) is 85.0 Å². The molecule has 0 aromatic heterocycles. The zero-order chi connectivity index (χ0) is 57.4. The van der Waals surface area contributed by atoms with Gasteiger partial charge in [0.2, 0.25) is 11.8 Å². The van der Waals surface area contributed by atoms with Crippen LogP contribution in [0.25, 0.3) is 0 Å². The Hall–Kier alpha value is -6.05. The Kier molecular flexibility index (Phi) is 23.1. The summed E-state index contributed by atoms with van der Waals surface area (Å²) in [5.41, 5.74) is 7.07. The number of nitrogens with one attached hydrogen (secondary N) is 5. The number of halogens is 1. The van der Waals surface area contributed by atoms with Gasteiger partial charge >= 0.3 is 17.9 Å². The molecule has 78 heavy (non-hydrogen) atoms. The number of carbonyl (C=O) groups is 8. The summed E-state index contributed by atoms with van der Waals surface area (Å²) in [5.74, 6) is -5.75. The number of nitrogens with zero attached hydrogens (tertiary/aromatic N) is 3. The maximum absolute atomic E-state index is 15.2. The molecule has 0 bridgehead atoms. The number of hydrazine groups is 3. The van der Waals surface area contributed by atoms with Gasteiger partial charge in [-0.25, -0.2) is 21.1 Å². The summed E-state index contributed by atoms with van der Waals surface area (Å²) in [6.45, 7) is 12.8. The van der Waals surface area contributed by atoms with Crippen LogP contribution in [0.2, 0.25) is 5.04 Å². The number of methoxy groups -OCH3 is 2. The maximum Gasteiger partial charge on any atom is 0.333 e. The zero-order valence-corrected chi connectivity index (χ0v) is 48.0. The molecule has 3 fully saturated rings. The Morgan fingerprint density at radius 1 is 0.744 bits per heavy atom. The number of esters is 3. The van der Waals surface area contributed by atoms with Crippen LogP contribution in [0.5, 0.6) is 0 Å². The molecule has 2 aromatic rings. The molecule has 428 valence electrons. The van der Waals surface area contributed by atoms with E-state index in [1.807, 2.05) is 80.6 Å². The number of amides is 5. The molecular weight excluding hydrogens is 1050 g/mol. The fraction of sp³-hybridized carbons (Fsp3) is 0.556. The quantitative estimate of drug-likeness (QED) is 0.0214. The molecule has 5 N–H and O–H groups in total. The van der Waals surface area contributed by atoms with Crippen LogP contribution >= 0.6 is 11.6 Å². The van der Waals surface area contributed by atoms with Gasteiger partial charge in [-0.15, -0.1) is 11.6 Å². The van der Waals surface area contributed by atoms with E-state index in [9.17, 15) is 28.8 Å². The molecule has 0 aliphatic carbocycles. The number of alkyl halides is 1. The van der Waals surface area contributed by atoms with Crippen LogP contribution in [-0.4, -0.2) is 172 Å². The number of benzene rings is 2. The number of rotatable bonds is 22. The summed E-state index contributed by atoms with van der Waals surface area (Å²) < 4.78 is 33.4. The van der Waals surface area contributed by atoms with E-state index in [4.69, 9.17) is 39.7 Å². The molecule has 3 heterocycles. The molecule has 0 radical (unpaired) electrons. The lowest BCUT2D eigenvalue weighted by Gasteiger charge is -2.45. The van der Waals surface area contributed by atoms with Crippen molar-refractivity contribution in [2.75, 3.05) is 53.9 Å². The number of hydrogen-bond donors (Lipinski definition) is 5. The molecular formula is C54H77ClN8O14Si. The Bertz CT molecular complexity index is 2430. The lowest BCUT2D eigenvalue weighted by molar-refractivity contribution is -0.167. The summed E-state index contributed by atoms with van der Waals surface area (Å²) in [7, 11) is -0.754. The van der Waals surface area contributed by atoms with Crippen LogP contribution in [0.3, 0.4) is 0 Å². The van der Waals surface area contributed by atoms with Crippen LogP contribution in [-0.2, 0) is 66.5 Å². The van der Waals surface area contributed by atoms with E-state index < -0.39 is 115 Å². The molecule has 24 heteroatoms. The number of carbonyl (C=O) groups excluding carboxylic acids is 8. The Morgan fingerprint density at radius 2 is 1.29 bits per heavy atom. The smallest absolute Gasteiger partial charge is 0.333 e. The highest BCUT2D eigenvalue weighted by molar-refractivity contribution is 6.99.